The van der Waals surface area contributed by atoms with E-state index < -0.39 is 6.04 Å². The second kappa shape index (κ2) is 11.0. The average Bonchev–Trinajstić information content (AvgIpc) is 3.12. The van der Waals surface area contributed by atoms with Crippen LogP contribution in [-0.4, -0.2) is 0 Å². The second-order valence-electron chi connectivity index (χ2n) is 9.88. The van der Waals surface area contributed by atoms with E-state index in [-0.39, 0.29) is 29.9 Å². The highest BCUT2D eigenvalue weighted by Gasteiger charge is 2.14. The first-order valence-electron chi connectivity index (χ1n) is 16.1. The third kappa shape index (κ3) is 5.02. The highest BCUT2D eigenvalue weighted by Crippen LogP contribution is 2.38. The SMILES string of the molecule is [2H]c1c([2H])c([2H])c(N(c2ccc(-c3ccccc3)cc2)c2ccc(-c3cc(-c4ccccc4)c4ccccc4c3)cc2)c([2H])c1[2H]. The van der Waals surface area contributed by atoms with Gasteiger partial charge in [-0.05, 0) is 92.6 Å². The minimum atomic E-state index is -0.418. The van der Waals surface area contributed by atoms with Gasteiger partial charge in [-0.3, -0.25) is 0 Å². The van der Waals surface area contributed by atoms with Gasteiger partial charge < -0.3 is 4.90 Å². The molecule has 0 saturated heterocycles. The van der Waals surface area contributed by atoms with Crippen LogP contribution in [-0.2, 0) is 0 Å². The van der Waals surface area contributed by atoms with Gasteiger partial charge >= 0.3 is 0 Å². The Morgan fingerprint density at radius 2 is 0.902 bits per heavy atom. The second-order valence-corrected chi connectivity index (χ2v) is 9.88. The normalized spacial score (nSPS) is 12.6. The monoisotopic (exact) mass is 528 g/mol. The highest BCUT2D eigenvalue weighted by atomic mass is 15.1. The predicted molar refractivity (Wildman–Crippen MR) is 175 cm³/mol. The van der Waals surface area contributed by atoms with Crippen molar-refractivity contribution in [3.05, 3.63) is 176 Å². The summed E-state index contributed by atoms with van der Waals surface area (Å²) in [7, 11) is 0. The van der Waals surface area contributed by atoms with Gasteiger partial charge in [-0.25, -0.2) is 0 Å². The van der Waals surface area contributed by atoms with E-state index in [0.717, 1.165) is 38.8 Å². The first-order chi connectivity index (χ1) is 22.4. The lowest BCUT2D eigenvalue weighted by Gasteiger charge is -2.26. The Morgan fingerprint density at radius 3 is 1.54 bits per heavy atom. The Hall–Kier alpha value is -5.40. The average molecular weight is 529 g/mol. The van der Waals surface area contributed by atoms with Crippen molar-refractivity contribution in [2.45, 2.75) is 0 Å². The number of benzene rings is 7. The van der Waals surface area contributed by atoms with Crippen LogP contribution in [0.15, 0.2) is 176 Å². The summed E-state index contributed by atoms with van der Waals surface area (Å²) >= 11 is 0. The minimum absolute atomic E-state index is 0.100. The van der Waals surface area contributed by atoms with Gasteiger partial charge in [0.2, 0.25) is 0 Å². The van der Waals surface area contributed by atoms with Gasteiger partial charge in [0.25, 0.3) is 0 Å². The molecule has 0 saturated carbocycles. The number of hydrogen-bond acceptors (Lipinski definition) is 1. The summed E-state index contributed by atoms with van der Waals surface area (Å²) in [4.78, 5) is 1.74. The van der Waals surface area contributed by atoms with Crippen molar-refractivity contribution in [1.82, 2.24) is 0 Å². The zero-order valence-electron chi connectivity index (χ0n) is 27.3. The quantitative estimate of drug-likeness (QED) is 0.207. The van der Waals surface area contributed by atoms with E-state index in [0.29, 0.717) is 11.4 Å². The molecule has 194 valence electrons. The van der Waals surface area contributed by atoms with Gasteiger partial charge in [0.15, 0.2) is 0 Å². The van der Waals surface area contributed by atoms with Crippen LogP contribution in [0.4, 0.5) is 17.1 Å². The van der Waals surface area contributed by atoms with Crippen molar-refractivity contribution in [2.24, 2.45) is 0 Å². The molecular formula is C40H29N. The molecular weight excluding hydrogens is 494 g/mol. The molecule has 0 N–H and O–H groups in total. The molecule has 0 atom stereocenters. The van der Waals surface area contributed by atoms with Crippen LogP contribution in [0.3, 0.4) is 0 Å². The number of para-hydroxylation sites is 1. The standard InChI is InChI=1S/C40H29N/c1-4-12-30(13-5-1)31-20-24-37(25-21-31)41(36-17-8-3-9-18-36)38-26-22-32(23-27-38)35-28-34-16-10-11-19-39(34)40(29-35)33-14-6-2-7-15-33/h1-29H/i3D,8D,9D,17D,18D. The molecule has 0 aliphatic rings. The van der Waals surface area contributed by atoms with Crippen molar-refractivity contribution in [1.29, 1.82) is 0 Å². The number of nitrogens with zero attached hydrogens (tertiary/aromatic N) is 1. The van der Waals surface area contributed by atoms with Crippen LogP contribution in [0.5, 0.6) is 0 Å². The van der Waals surface area contributed by atoms with E-state index in [9.17, 15) is 0 Å². The zero-order chi connectivity index (χ0) is 31.8. The topological polar surface area (TPSA) is 3.24 Å². The van der Waals surface area contributed by atoms with Gasteiger partial charge in [0, 0.05) is 17.1 Å². The van der Waals surface area contributed by atoms with E-state index in [1.165, 1.54) is 5.39 Å². The van der Waals surface area contributed by atoms with Crippen molar-refractivity contribution >= 4 is 27.8 Å². The summed E-state index contributed by atoms with van der Waals surface area (Å²) in [5.74, 6) is 0. The zero-order valence-corrected chi connectivity index (χ0v) is 22.3. The van der Waals surface area contributed by atoms with Crippen LogP contribution in [0.25, 0.3) is 44.2 Å². The van der Waals surface area contributed by atoms with Crippen LogP contribution >= 0.6 is 0 Å². The molecule has 1 heteroatoms. The summed E-state index contributed by atoms with van der Waals surface area (Å²) in [6, 6.07) is 47.2. The molecule has 7 aromatic carbocycles. The lowest BCUT2D eigenvalue weighted by atomic mass is 9.93. The summed E-state index contributed by atoms with van der Waals surface area (Å²) in [6.07, 6.45) is 0. The molecule has 7 rings (SSSR count). The fourth-order valence-electron chi connectivity index (χ4n) is 5.33. The molecule has 0 heterocycles. The van der Waals surface area contributed by atoms with E-state index in [4.69, 9.17) is 6.85 Å². The Balaban J connectivity index is 1.35. The summed E-state index contributed by atoms with van der Waals surface area (Å²) < 4.78 is 42.5. The van der Waals surface area contributed by atoms with Crippen molar-refractivity contribution in [3.8, 4) is 33.4 Å². The van der Waals surface area contributed by atoms with Crippen LogP contribution in [0, 0.1) is 0 Å². The molecule has 0 radical (unpaired) electrons. The Labute approximate surface area is 248 Å². The number of hydrogen-bond donors (Lipinski definition) is 0. The van der Waals surface area contributed by atoms with Gasteiger partial charge in [0.05, 0.1) is 6.85 Å². The third-order valence-corrected chi connectivity index (χ3v) is 7.35. The molecule has 0 aliphatic heterocycles. The fourth-order valence-corrected chi connectivity index (χ4v) is 5.33. The third-order valence-electron chi connectivity index (χ3n) is 7.35. The Bertz CT molecular complexity index is 2150. The van der Waals surface area contributed by atoms with Crippen molar-refractivity contribution in [3.63, 3.8) is 0 Å². The lowest BCUT2D eigenvalue weighted by molar-refractivity contribution is 1.28. The minimum Gasteiger partial charge on any atom is -0.311 e. The molecule has 0 fully saturated rings. The predicted octanol–water partition coefficient (Wildman–Crippen LogP) is 11.3. The van der Waals surface area contributed by atoms with Gasteiger partial charge in [-0.1, -0.05) is 127 Å². The van der Waals surface area contributed by atoms with Crippen molar-refractivity contribution < 1.29 is 6.85 Å². The summed E-state index contributed by atoms with van der Waals surface area (Å²) in [6.45, 7) is 0. The summed E-state index contributed by atoms with van der Waals surface area (Å²) in [5, 5.41) is 2.32. The maximum atomic E-state index is 8.79. The molecule has 1 nitrogen and oxygen atoms in total. The van der Waals surface area contributed by atoms with Crippen LogP contribution < -0.4 is 4.90 Å². The van der Waals surface area contributed by atoms with Crippen LogP contribution in [0.2, 0.25) is 0 Å². The van der Waals surface area contributed by atoms with Crippen molar-refractivity contribution in [2.75, 3.05) is 4.90 Å². The van der Waals surface area contributed by atoms with E-state index in [1.54, 1.807) is 4.90 Å². The fraction of sp³-hybridized carbons (Fsp3) is 0. The smallest absolute Gasteiger partial charge is 0.0645 e. The number of fused-ring (bicyclic) bond motifs is 1. The molecule has 7 aromatic rings. The van der Waals surface area contributed by atoms with Gasteiger partial charge in [-0.2, -0.15) is 0 Å². The molecule has 0 bridgehead atoms. The maximum absolute atomic E-state index is 8.79. The molecule has 0 aliphatic carbocycles. The Morgan fingerprint density at radius 1 is 0.390 bits per heavy atom. The van der Waals surface area contributed by atoms with E-state index in [2.05, 4.69) is 42.5 Å². The highest BCUT2D eigenvalue weighted by molar-refractivity contribution is 6.00. The van der Waals surface area contributed by atoms with Crippen LogP contribution in [0.1, 0.15) is 6.85 Å². The summed E-state index contributed by atoms with van der Waals surface area (Å²) in [5.41, 5.74) is 7.91. The first-order valence-corrected chi connectivity index (χ1v) is 13.6. The van der Waals surface area contributed by atoms with E-state index in [1.807, 2.05) is 103 Å². The largest absolute Gasteiger partial charge is 0.311 e. The molecule has 0 aromatic heterocycles. The maximum Gasteiger partial charge on any atom is 0.0645 e. The lowest BCUT2D eigenvalue weighted by Crippen LogP contribution is -2.09. The number of anilines is 3. The molecule has 0 amide bonds. The molecule has 41 heavy (non-hydrogen) atoms. The van der Waals surface area contributed by atoms with Gasteiger partial charge in [-0.15, -0.1) is 0 Å². The first kappa shape index (κ1) is 19.6. The Kier molecular flexibility index (Phi) is 5.26. The van der Waals surface area contributed by atoms with E-state index >= 15 is 0 Å². The molecule has 0 spiro atoms. The molecule has 0 unspecified atom stereocenters. The number of rotatable bonds is 6. The van der Waals surface area contributed by atoms with Gasteiger partial charge in [0.1, 0.15) is 0 Å².